The van der Waals surface area contributed by atoms with Crippen molar-refractivity contribution in [2.45, 2.75) is 46.5 Å². The lowest BCUT2D eigenvalue weighted by Crippen LogP contribution is -2.72. The predicted molar refractivity (Wildman–Crippen MR) is 144 cm³/mol. The Kier molecular flexibility index (Phi) is 5.21. The second-order valence-electron chi connectivity index (χ2n) is 11.6. The molecule has 0 aromatic carbocycles. The monoisotopic (exact) mass is 505 g/mol. The number of fused-ring (bicyclic) bond motifs is 2. The Morgan fingerprint density at radius 1 is 1.08 bits per heavy atom. The van der Waals surface area contributed by atoms with Gasteiger partial charge in [0.05, 0.1) is 11.9 Å². The predicted octanol–water partition coefficient (Wildman–Crippen LogP) is 4.42. The molecule has 9 heteroatoms. The Morgan fingerprint density at radius 2 is 1.86 bits per heavy atom. The van der Waals surface area contributed by atoms with Crippen molar-refractivity contribution >= 4 is 32.5 Å². The third-order valence-corrected chi connectivity index (χ3v) is 9.75. The van der Waals surface area contributed by atoms with Crippen LogP contribution in [0.4, 0.5) is 5.13 Å². The van der Waals surface area contributed by atoms with Gasteiger partial charge >= 0.3 is 0 Å². The van der Waals surface area contributed by atoms with E-state index in [2.05, 4.69) is 64.5 Å². The minimum Gasteiger partial charge on any atom is -0.381 e. The number of aryl methyl sites for hydroxylation is 1. The lowest BCUT2D eigenvalue weighted by molar-refractivity contribution is -0.0426. The van der Waals surface area contributed by atoms with E-state index < -0.39 is 0 Å². The fourth-order valence-corrected chi connectivity index (χ4v) is 7.58. The number of ether oxygens (including phenoxy) is 1. The van der Waals surface area contributed by atoms with Crippen LogP contribution in [0.2, 0.25) is 0 Å². The summed E-state index contributed by atoms with van der Waals surface area (Å²) in [7, 11) is 0. The number of nitrogens with zero attached hydrogens (tertiary/aromatic N) is 7. The van der Waals surface area contributed by atoms with Gasteiger partial charge < -0.3 is 19.1 Å². The summed E-state index contributed by atoms with van der Waals surface area (Å²) in [4.78, 5) is 16.0. The highest BCUT2D eigenvalue weighted by atomic mass is 32.1. The van der Waals surface area contributed by atoms with Crippen LogP contribution in [0, 0.1) is 25.2 Å². The molecule has 0 unspecified atom stereocenters. The zero-order valence-electron chi connectivity index (χ0n) is 21.7. The summed E-state index contributed by atoms with van der Waals surface area (Å²) in [6, 6.07) is 0. The normalized spacial score (nSPS) is 20.6. The highest BCUT2D eigenvalue weighted by Crippen LogP contribution is 2.45. The van der Waals surface area contributed by atoms with E-state index in [9.17, 15) is 0 Å². The van der Waals surface area contributed by atoms with E-state index in [0.717, 1.165) is 49.1 Å². The minimum atomic E-state index is 0.410. The van der Waals surface area contributed by atoms with E-state index in [4.69, 9.17) is 9.72 Å². The maximum absolute atomic E-state index is 5.53. The maximum Gasteiger partial charge on any atom is 0.187 e. The molecule has 1 spiro atoms. The molecule has 0 atom stereocenters. The number of hydrogen-bond donors (Lipinski definition) is 0. The van der Waals surface area contributed by atoms with Crippen LogP contribution in [0.3, 0.4) is 0 Å². The molecule has 0 amide bonds. The molecule has 7 heterocycles. The summed E-state index contributed by atoms with van der Waals surface area (Å²) >= 11 is 1.83. The smallest absolute Gasteiger partial charge is 0.187 e. The molecule has 7 rings (SSSR count). The average Bonchev–Trinajstić information content (AvgIpc) is 3.53. The minimum absolute atomic E-state index is 0.410. The largest absolute Gasteiger partial charge is 0.381 e. The average molecular weight is 506 g/mol. The van der Waals surface area contributed by atoms with Crippen LogP contribution in [0.1, 0.15) is 49.3 Å². The van der Waals surface area contributed by atoms with E-state index in [1.54, 1.807) is 6.33 Å². The molecule has 0 bridgehead atoms. The molecular formula is C27H35N7OS. The zero-order valence-corrected chi connectivity index (χ0v) is 22.5. The second-order valence-corrected chi connectivity index (χ2v) is 12.6. The Bertz CT molecular complexity index is 1430. The summed E-state index contributed by atoms with van der Waals surface area (Å²) in [5, 5.41) is 5.59. The summed E-state index contributed by atoms with van der Waals surface area (Å²) < 4.78 is 9.76. The molecule has 0 N–H and O–H groups in total. The van der Waals surface area contributed by atoms with Crippen molar-refractivity contribution in [3.05, 3.63) is 35.4 Å². The molecule has 0 aliphatic carbocycles. The zero-order chi connectivity index (χ0) is 24.6. The molecule has 3 saturated heterocycles. The summed E-state index contributed by atoms with van der Waals surface area (Å²) in [5.41, 5.74) is 7.42. The fraction of sp³-hybridized carbons (Fsp3) is 0.593. The Morgan fingerprint density at radius 3 is 2.61 bits per heavy atom. The molecule has 0 saturated carbocycles. The Labute approximate surface area is 215 Å². The molecule has 3 aliphatic rings. The molecular weight excluding hydrogens is 470 g/mol. The summed E-state index contributed by atoms with van der Waals surface area (Å²) in [6.07, 6.45) is 8.47. The second kappa shape index (κ2) is 8.26. The van der Waals surface area contributed by atoms with E-state index in [-0.39, 0.29) is 0 Å². The molecule has 4 aromatic rings. The van der Waals surface area contributed by atoms with E-state index in [1.165, 1.54) is 59.1 Å². The van der Waals surface area contributed by atoms with Gasteiger partial charge in [0.25, 0.3) is 0 Å². The van der Waals surface area contributed by atoms with Gasteiger partial charge in [0, 0.05) is 63.1 Å². The van der Waals surface area contributed by atoms with Gasteiger partial charge in [-0.3, -0.25) is 0 Å². The van der Waals surface area contributed by atoms with Gasteiger partial charge in [0.1, 0.15) is 16.7 Å². The number of likely N-dealkylation sites (tertiary alicyclic amines) is 1. The number of aromatic nitrogens is 5. The quantitative estimate of drug-likeness (QED) is 0.400. The number of thiazole rings is 1. The third-order valence-electron chi connectivity index (χ3n) is 8.64. The summed E-state index contributed by atoms with van der Waals surface area (Å²) in [5.74, 6) is 1.23. The van der Waals surface area contributed by atoms with Gasteiger partial charge in [-0.05, 0) is 49.7 Å². The molecule has 190 valence electrons. The van der Waals surface area contributed by atoms with Crippen molar-refractivity contribution in [3.63, 3.8) is 0 Å². The van der Waals surface area contributed by atoms with E-state index in [0.29, 0.717) is 11.3 Å². The first-order chi connectivity index (χ1) is 17.4. The van der Waals surface area contributed by atoms with Crippen molar-refractivity contribution in [3.8, 4) is 5.69 Å². The Balaban J connectivity index is 1.14. The molecule has 36 heavy (non-hydrogen) atoms. The van der Waals surface area contributed by atoms with E-state index >= 15 is 0 Å². The highest BCUT2D eigenvalue weighted by molar-refractivity contribution is 7.22. The topological polar surface area (TPSA) is 63.7 Å². The molecule has 8 nitrogen and oxygen atoms in total. The van der Waals surface area contributed by atoms with Crippen molar-refractivity contribution in [1.82, 2.24) is 29.0 Å². The number of hydrogen-bond acceptors (Lipinski definition) is 7. The molecule has 3 fully saturated rings. The van der Waals surface area contributed by atoms with Crippen LogP contribution < -0.4 is 4.90 Å². The van der Waals surface area contributed by atoms with Crippen molar-refractivity contribution in [1.29, 1.82) is 0 Å². The highest BCUT2D eigenvalue weighted by Gasteiger charge is 2.52. The van der Waals surface area contributed by atoms with E-state index in [1.807, 2.05) is 15.9 Å². The van der Waals surface area contributed by atoms with Crippen LogP contribution in [-0.2, 0) is 4.74 Å². The Hall–Kier alpha value is -2.49. The van der Waals surface area contributed by atoms with Gasteiger partial charge in [-0.15, -0.1) is 0 Å². The summed E-state index contributed by atoms with van der Waals surface area (Å²) in [6.45, 7) is 16.7. The standard InChI is InChI=1S/C27H35N7OS/c1-17(2)21-10-33(22-11-34-24(28-16-29-34)19(4)18(22)3)25-23(21)30-26(36-25)32-14-27(15-32)12-31(13-27)9-20-5-7-35-8-6-20/h10-11,16-17,20H,5-9,12-15H2,1-4H3. The van der Waals surface area contributed by atoms with Crippen LogP contribution in [0.15, 0.2) is 18.7 Å². The number of pyridine rings is 1. The first-order valence-electron chi connectivity index (χ1n) is 13.3. The number of rotatable bonds is 5. The first-order valence-corrected chi connectivity index (χ1v) is 14.1. The van der Waals surface area contributed by atoms with Crippen molar-refractivity contribution < 1.29 is 4.74 Å². The maximum atomic E-state index is 5.53. The molecule has 4 aromatic heterocycles. The van der Waals surface area contributed by atoms with Crippen LogP contribution in [0.25, 0.3) is 21.7 Å². The van der Waals surface area contributed by atoms with Gasteiger partial charge in [-0.1, -0.05) is 25.2 Å². The third kappa shape index (κ3) is 3.50. The van der Waals surface area contributed by atoms with Crippen molar-refractivity contribution in [2.24, 2.45) is 11.3 Å². The molecule has 3 aliphatic heterocycles. The van der Waals surface area contributed by atoms with Crippen LogP contribution in [-0.4, -0.2) is 75.0 Å². The SMILES string of the molecule is Cc1c(-n2cc(C(C)C)c3nc(N4CC5(CN(CC6CCOCC6)C5)C4)sc32)cn2ncnc2c1C. The lowest BCUT2D eigenvalue weighted by atomic mass is 9.72. The molecule has 0 radical (unpaired) electrons. The fourth-order valence-electron chi connectivity index (χ4n) is 6.50. The van der Waals surface area contributed by atoms with Gasteiger partial charge in [-0.25, -0.2) is 14.5 Å². The first kappa shape index (κ1) is 22.7. The van der Waals surface area contributed by atoms with Gasteiger partial charge in [0.15, 0.2) is 10.8 Å². The van der Waals surface area contributed by atoms with Gasteiger partial charge in [-0.2, -0.15) is 5.10 Å². The van der Waals surface area contributed by atoms with Crippen LogP contribution >= 0.6 is 11.3 Å². The van der Waals surface area contributed by atoms with Crippen molar-refractivity contribution in [2.75, 3.05) is 50.8 Å². The van der Waals surface area contributed by atoms with Gasteiger partial charge in [0.2, 0.25) is 0 Å². The van der Waals surface area contributed by atoms with Crippen LogP contribution in [0.5, 0.6) is 0 Å². The lowest BCUT2D eigenvalue weighted by Gasteiger charge is -2.61. The number of anilines is 1.